The Labute approximate surface area is 244 Å². The third-order valence-corrected chi connectivity index (χ3v) is 8.94. The van der Waals surface area contributed by atoms with Crippen molar-refractivity contribution in [2.24, 2.45) is 0 Å². The predicted octanol–water partition coefficient (Wildman–Crippen LogP) is 11.9. The van der Waals surface area contributed by atoms with E-state index in [1.54, 1.807) is 0 Å². The number of fused-ring (bicyclic) bond motifs is 2. The fraction of sp³-hybridized carbons (Fsp3) is 0. The molecule has 0 heteroatoms. The second-order valence-electron chi connectivity index (χ2n) is 11.4. The standard InChI is InChI=1S/C42H26/c1-3-8-32-22-34(16-12-27(32)6-1)36-24-37(35-17-13-28-7-2-4-9-33(28)23-35)26-38(25-36)39-20-18-31-15-14-29-10-5-11-30-19-21-40(39)42(31)41(29)30/h1-26H. The lowest BCUT2D eigenvalue weighted by atomic mass is 9.87. The molecule has 0 fully saturated rings. The largest absolute Gasteiger partial charge is 0.0616 e. The zero-order valence-electron chi connectivity index (χ0n) is 23.0. The Morgan fingerprint density at radius 2 is 0.690 bits per heavy atom. The minimum Gasteiger partial charge on any atom is -0.0616 e. The average molecular weight is 531 g/mol. The first-order valence-electron chi connectivity index (χ1n) is 14.6. The van der Waals surface area contributed by atoms with Crippen LogP contribution in [0.1, 0.15) is 0 Å². The van der Waals surface area contributed by atoms with E-state index in [1.165, 1.54) is 87.2 Å². The monoisotopic (exact) mass is 530 g/mol. The van der Waals surface area contributed by atoms with E-state index in [0.29, 0.717) is 0 Å². The molecule has 0 radical (unpaired) electrons. The molecule has 0 aliphatic carbocycles. The summed E-state index contributed by atoms with van der Waals surface area (Å²) in [6, 6.07) is 58.3. The van der Waals surface area contributed by atoms with Crippen LogP contribution in [0.4, 0.5) is 0 Å². The van der Waals surface area contributed by atoms with Gasteiger partial charge in [-0.15, -0.1) is 0 Å². The minimum atomic E-state index is 1.23. The summed E-state index contributed by atoms with van der Waals surface area (Å²) in [4.78, 5) is 0. The molecule has 9 rings (SSSR count). The van der Waals surface area contributed by atoms with E-state index in [-0.39, 0.29) is 0 Å². The maximum Gasteiger partial charge on any atom is -0.00206 e. The fourth-order valence-corrected chi connectivity index (χ4v) is 6.84. The van der Waals surface area contributed by atoms with Gasteiger partial charge in [0.25, 0.3) is 0 Å². The first kappa shape index (κ1) is 23.3. The van der Waals surface area contributed by atoms with E-state index >= 15 is 0 Å². The second-order valence-corrected chi connectivity index (χ2v) is 11.4. The van der Waals surface area contributed by atoms with Gasteiger partial charge in [-0.3, -0.25) is 0 Å². The van der Waals surface area contributed by atoms with Crippen molar-refractivity contribution in [3.63, 3.8) is 0 Å². The Hall–Kier alpha value is -5.46. The summed E-state index contributed by atoms with van der Waals surface area (Å²) in [5, 5.41) is 12.9. The third kappa shape index (κ3) is 3.62. The van der Waals surface area contributed by atoms with Crippen LogP contribution >= 0.6 is 0 Å². The van der Waals surface area contributed by atoms with Crippen LogP contribution in [0.15, 0.2) is 158 Å². The summed E-state index contributed by atoms with van der Waals surface area (Å²) in [7, 11) is 0. The van der Waals surface area contributed by atoms with Crippen LogP contribution < -0.4 is 0 Å². The summed E-state index contributed by atoms with van der Waals surface area (Å²) in [6.07, 6.45) is 0. The predicted molar refractivity (Wildman–Crippen MR) is 181 cm³/mol. The minimum absolute atomic E-state index is 1.23. The molecule has 0 heterocycles. The summed E-state index contributed by atoms with van der Waals surface area (Å²) in [5.41, 5.74) is 7.43. The number of rotatable bonds is 3. The summed E-state index contributed by atoms with van der Waals surface area (Å²) < 4.78 is 0. The van der Waals surface area contributed by atoms with Gasteiger partial charge < -0.3 is 0 Å². The molecule has 0 aliphatic rings. The molecule has 9 aromatic rings. The maximum absolute atomic E-state index is 2.38. The molecular weight excluding hydrogens is 504 g/mol. The van der Waals surface area contributed by atoms with E-state index in [9.17, 15) is 0 Å². The Bertz CT molecular complexity index is 2350. The highest BCUT2D eigenvalue weighted by molar-refractivity contribution is 6.25. The molecular formula is C42H26. The SMILES string of the molecule is c1ccc2cc(-c3cc(-c4ccc5ccccc5c4)cc(-c4ccc5ccc6cccc7ccc4c5c67)c3)ccc2c1. The van der Waals surface area contributed by atoms with Gasteiger partial charge in [0.2, 0.25) is 0 Å². The summed E-state index contributed by atoms with van der Waals surface area (Å²) >= 11 is 0. The van der Waals surface area contributed by atoms with Gasteiger partial charge in [0.1, 0.15) is 0 Å². The lowest BCUT2D eigenvalue weighted by Crippen LogP contribution is -1.90. The van der Waals surface area contributed by atoms with Crippen molar-refractivity contribution in [3.05, 3.63) is 158 Å². The second kappa shape index (κ2) is 9.03. The van der Waals surface area contributed by atoms with Crippen molar-refractivity contribution in [3.8, 4) is 33.4 Å². The Morgan fingerprint density at radius 3 is 1.31 bits per heavy atom. The molecule has 0 saturated carbocycles. The molecule has 0 bridgehead atoms. The van der Waals surface area contributed by atoms with Crippen molar-refractivity contribution < 1.29 is 0 Å². The highest BCUT2D eigenvalue weighted by Crippen LogP contribution is 2.41. The zero-order chi connectivity index (χ0) is 27.6. The van der Waals surface area contributed by atoms with Gasteiger partial charge in [-0.25, -0.2) is 0 Å². The van der Waals surface area contributed by atoms with Crippen LogP contribution in [0, 0.1) is 0 Å². The first-order chi connectivity index (χ1) is 20.8. The molecule has 0 saturated heterocycles. The van der Waals surface area contributed by atoms with E-state index in [2.05, 4.69) is 158 Å². The Morgan fingerprint density at radius 1 is 0.238 bits per heavy atom. The Balaban J connectivity index is 1.32. The smallest absolute Gasteiger partial charge is 0.00206 e. The van der Waals surface area contributed by atoms with Crippen LogP contribution in [0.2, 0.25) is 0 Å². The molecule has 0 amide bonds. The van der Waals surface area contributed by atoms with Gasteiger partial charge in [0.15, 0.2) is 0 Å². The van der Waals surface area contributed by atoms with Crippen molar-refractivity contribution in [2.45, 2.75) is 0 Å². The van der Waals surface area contributed by atoms with E-state index < -0.39 is 0 Å². The average Bonchev–Trinajstić information content (AvgIpc) is 3.06. The van der Waals surface area contributed by atoms with Crippen LogP contribution in [-0.2, 0) is 0 Å². The van der Waals surface area contributed by atoms with Gasteiger partial charge >= 0.3 is 0 Å². The molecule has 0 nitrogen and oxygen atoms in total. The highest BCUT2D eigenvalue weighted by atomic mass is 14.2. The van der Waals surface area contributed by atoms with Crippen LogP contribution in [0.3, 0.4) is 0 Å². The van der Waals surface area contributed by atoms with Crippen molar-refractivity contribution >= 4 is 53.9 Å². The third-order valence-electron chi connectivity index (χ3n) is 8.94. The highest BCUT2D eigenvalue weighted by Gasteiger charge is 2.14. The van der Waals surface area contributed by atoms with E-state index in [0.717, 1.165) is 0 Å². The zero-order valence-corrected chi connectivity index (χ0v) is 23.0. The lowest BCUT2D eigenvalue weighted by Gasteiger charge is -2.16. The maximum atomic E-state index is 2.38. The fourth-order valence-electron chi connectivity index (χ4n) is 6.84. The van der Waals surface area contributed by atoms with Gasteiger partial charge in [-0.2, -0.15) is 0 Å². The molecule has 0 atom stereocenters. The normalized spacial score (nSPS) is 11.8. The van der Waals surface area contributed by atoms with Gasteiger partial charge in [-0.1, -0.05) is 127 Å². The molecule has 194 valence electrons. The molecule has 0 aromatic heterocycles. The van der Waals surface area contributed by atoms with Crippen molar-refractivity contribution in [1.29, 1.82) is 0 Å². The van der Waals surface area contributed by atoms with Gasteiger partial charge in [0, 0.05) is 0 Å². The molecule has 9 aromatic carbocycles. The summed E-state index contributed by atoms with van der Waals surface area (Å²) in [5.74, 6) is 0. The lowest BCUT2D eigenvalue weighted by molar-refractivity contribution is 1.60. The molecule has 0 unspecified atom stereocenters. The van der Waals surface area contributed by atoms with Crippen molar-refractivity contribution in [1.82, 2.24) is 0 Å². The number of hydrogen-bond acceptors (Lipinski definition) is 0. The number of hydrogen-bond donors (Lipinski definition) is 0. The van der Waals surface area contributed by atoms with E-state index in [4.69, 9.17) is 0 Å². The van der Waals surface area contributed by atoms with Gasteiger partial charge in [0.05, 0.1) is 0 Å². The molecule has 0 aliphatic heterocycles. The number of benzene rings is 9. The first-order valence-corrected chi connectivity index (χ1v) is 14.6. The van der Waals surface area contributed by atoms with Gasteiger partial charge in [-0.05, 0) is 118 Å². The van der Waals surface area contributed by atoms with E-state index in [1.807, 2.05) is 0 Å². The topological polar surface area (TPSA) is 0 Å². The summed E-state index contributed by atoms with van der Waals surface area (Å²) in [6.45, 7) is 0. The Kier molecular flexibility index (Phi) is 5.00. The van der Waals surface area contributed by atoms with Crippen molar-refractivity contribution in [2.75, 3.05) is 0 Å². The van der Waals surface area contributed by atoms with Crippen LogP contribution in [0.5, 0.6) is 0 Å². The molecule has 42 heavy (non-hydrogen) atoms. The van der Waals surface area contributed by atoms with Crippen LogP contribution in [-0.4, -0.2) is 0 Å². The molecule has 0 spiro atoms. The molecule has 0 N–H and O–H groups in total. The quantitative estimate of drug-likeness (QED) is 0.199. The van der Waals surface area contributed by atoms with Crippen LogP contribution in [0.25, 0.3) is 87.2 Å².